The van der Waals surface area contributed by atoms with Crippen LogP contribution in [0, 0.1) is 23.2 Å². The van der Waals surface area contributed by atoms with E-state index in [1.54, 1.807) is 0 Å². The van der Waals surface area contributed by atoms with Gasteiger partial charge < -0.3 is 14.6 Å². The van der Waals surface area contributed by atoms with E-state index in [0.29, 0.717) is 47.9 Å². The molecule has 0 bridgehead atoms. The number of aliphatic hydroxyl groups excluding tert-OH is 1. The summed E-state index contributed by atoms with van der Waals surface area (Å²) in [5, 5.41) is 21.0. The highest BCUT2D eigenvalue weighted by Crippen LogP contribution is 2.60. The number of aliphatic hydroxyl groups is 2. The second kappa shape index (κ2) is 12.0. The molecule has 0 aromatic rings. The highest BCUT2D eigenvalue weighted by atomic mass is 28.4. The highest BCUT2D eigenvalue weighted by Gasteiger charge is 2.50. The zero-order valence-corrected chi connectivity index (χ0v) is 26.9. The van der Waals surface area contributed by atoms with E-state index in [1.807, 2.05) is 13.8 Å². The third-order valence-corrected chi connectivity index (χ3v) is 15.3. The largest absolute Gasteiger partial charge is 0.413 e. The van der Waals surface area contributed by atoms with Gasteiger partial charge in [-0.25, -0.2) is 4.39 Å². The molecule has 3 rings (SSSR count). The lowest BCUT2D eigenvalue weighted by Gasteiger charge is -2.44. The molecule has 0 aliphatic heterocycles. The van der Waals surface area contributed by atoms with Crippen LogP contribution in [0.1, 0.15) is 113 Å². The van der Waals surface area contributed by atoms with Crippen LogP contribution < -0.4 is 0 Å². The fraction of sp³-hybridized carbons (Fsp3) is 0.818. The maximum absolute atomic E-state index is 14.0. The van der Waals surface area contributed by atoms with Gasteiger partial charge in [0.2, 0.25) is 0 Å². The molecule has 3 aliphatic rings. The van der Waals surface area contributed by atoms with E-state index in [-0.39, 0.29) is 11.1 Å². The Bertz CT molecular complexity index is 906. The first-order valence-electron chi connectivity index (χ1n) is 15.3. The second-order valence-corrected chi connectivity index (χ2v) is 20.0. The van der Waals surface area contributed by atoms with Crippen LogP contribution in [0.2, 0.25) is 18.1 Å². The summed E-state index contributed by atoms with van der Waals surface area (Å²) in [4.78, 5) is 0. The molecule has 3 saturated carbocycles. The van der Waals surface area contributed by atoms with Crippen LogP contribution in [0.4, 0.5) is 4.39 Å². The van der Waals surface area contributed by atoms with Crippen molar-refractivity contribution in [2.45, 2.75) is 149 Å². The van der Waals surface area contributed by atoms with Crippen LogP contribution in [0.25, 0.3) is 0 Å². The standard InChI is InChI=1S/C33H57FO3Si/c1-23(12-10-18-32(5,6)36)28-16-17-29-24(13-11-19-33(28,29)7)14-15-25-20-26(21-30(35)27(25)22-34)37-38(8,9)31(2,3)4/h14-15,22-23,26,28-30,35-36H,10-13,16-21H2,1-9H3/b24-14+,25-15+,27-22+/t23-,26-,28-,29+,30+,33-/m1/s1. The van der Waals surface area contributed by atoms with Gasteiger partial charge in [-0.15, -0.1) is 0 Å². The number of allylic oxidation sites excluding steroid dienone is 3. The summed E-state index contributed by atoms with van der Waals surface area (Å²) in [5.74, 6) is 1.96. The first-order chi connectivity index (χ1) is 17.5. The third kappa shape index (κ3) is 7.30. The number of hydrogen-bond donors (Lipinski definition) is 2. The minimum atomic E-state index is -1.99. The summed E-state index contributed by atoms with van der Waals surface area (Å²) in [7, 11) is -1.99. The van der Waals surface area contributed by atoms with E-state index in [0.717, 1.165) is 24.8 Å². The Morgan fingerprint density at radius 3 is 2.45 bits per heavy atom. The van der Waals surface area contributed by atoms with E-state index in [4.69, 9.17) is 4.43 Å². The highest BCUT2D eigenvalue weighted by molar-refractivity contribution is 6.74. The fourth-order valence-corrected chi connectivity index (χ4v) is 8.87. The van der Waals surface area contributed by atoms with Crippen molar-refractivity contribution >= 4 is 8.32 Å². The van der Waals surface area contributed by atoms with Gasteiger partial charge in [-0.3, -0.25) is 0 Å². The molecule has 0 aromatic carbocycles. The zero-order valence-electron chi connectivity index (χ0n) is 25.9. The van der Waals surface area contributed by atoms with Gasteiger partial charge >= 0.3 is 0 Å². The first-order valence-corrected chi connectivity index (χ1v) is 18.2. The normalized spacial score (nSPS) is 35.2. The predicted octanol–water partition coefficient (Wildman–Crippen LogP) is 9.03. The quantitative estimate of drug-likeness (QED) is 0.298. The molecule has 0 spiro atoms. The molecule has 6 atom stereocenters. The molecular weight excluding hydrogens is 491 g/mol. The van der Waals surface area contributed by atoms with Gasteiger partial charge in [0.25, 0.3) is 0 Å². The average Bonchev–Trinajstić information content (AvgIpc) is 3.13. The van der Waals surface area contributed by atoms with Crippen molar-refractivity contribution in [2.24, 2.45) is 23.2 Å². The summed E-state index contributed by atoms with van der Waals surface area (Å²) in [6.45, 7) is 19.9. The lowest BCUT2D eigenvalue weighted by atomic mass is 9.60. The molecule has 218 valence electrons. The molecule has 3 nitrogen and oxygen atoms in total. The first kappa shape index (κ1) is 31.8. The van der Waals surface area contributed by atoms with Gasteiger partial charge in [0, 0.05) is 12.0 Å². The number of halogens is 1. The van der Waals surface area contributed by atoms with Crippen LogP contribution in [0.15, 0.2) is 35.2 Å². The number of hydrogen-bond acceptors (Lipinski definition) is 3. The molecule has 0 amide bonds. The van der Waals surface area contributed by atoms with Gasteiger partial charge in [0.05, 0.1) is 24.1 Å². The monoisotopic (exact) mass is 548 g/mol. The van der Waals surface area contributed by atoms with Gasteiger partial charge in [0.15, 0.2) is 8.32 Å². The van der Waals surface area contributed by atoms with E-state index in [2.05, 4.69) is 59.9 Å². The minimum absolute atomic E-state index is 0.0727. The van der Waals surface area contributed by atoms with Gasteiger partial charge in [-0.2, -0.15) is 0 Å². The summed E-state index contributed by atoms with van der Waals surface area (Å²) in [6, 6.07) is 0. The van der Waals surface area contributed by atoms with Crippen molar-refractivity contribution in [1.29, 1.82) is 0 Å². The van der Waals surface area contributed by atoms with Crippen LogP contribution in [0.5, 0.6) is 0 Å². The molecule has 0 unspecified atom stereocenters. The fourth-order valence-electron chi connectivity index (χ4n) is 7.51. The second-order valence-electron chi connectivity index (χ2n) is 15.2. The Labute approximate surface area is 234 Å². The van der Waals surface area contributed by atoms with Gasteiger partial charge in [0.1, 0.15) is 0 Å². The Balaban J connectivity index is 1.77. The van der Waals surface area contributed by atoms with E-state index < -0.39 is 20.0 Å². The summed E-state index contributed by atoms with van der Waals surface area (Å²) in [5.41, 5.74) is 2.57. The molecule has 0 saturated heterocycles. The minimum Gasteiger partial charge on any atom is -0.413 e. The van der Waals surface area contributed by atoms with E-state index >= 15 is 0 Å². The zero-order chi connectivity index (χ0) is 28.5. The molecule has 0 heterocycles. The van der Waals surface area contributed by atoms with Crippen LogP contribution in [-0.4, -0.2) is 36.3 Å². The maximum Gasteiger partial charge on any atom is 0.192 e. The summed E-state index contributed by atoms with van der Waals surface area (Å²) >= 11 is 0. The predicted molar refractivity (Wildman–Crippen MR) is 160 cm³/mol. The maximum atomic E-state index is 14.0. The van der Waals surface area contributed by atoms with Crippen molar-refractivity contribution in [1.82, 2.24) is 0 Å². The molecule has 3 aliphatic carbocycles. The molecule has 0 aromatic heterocycles. The van der Waals surface area contributed by atoms with E-state index in [9.17, 15) is 14.6 Å². The van der Waals surface area contributed by atoms with Crippen LogP contribution in [-0.2, 0) is 4.43 Å². The SMILES string of the molecule is C[C@H](CCCC(C)(C)O)[C@H]1CC[C@H]2/C(=C/C=C3\C[C@@H](O[Si](C)(C)C(C)(C)C)C[C@H](O)\C3=C\F)CCC[C@]12C. The Hall–Kier alpha value is -0.753. The van der Waals surface area contributed by atoms with Gasteiger partial charge in [-0.1, -0.05) is 65.2 Å². The number of fused-ring (bicyclic) bond motifs is 1. The molecule has 0 radical (unpaired) electrons. The van der Waals surface area contributed by atoms with E-state index in [1.165, 1.54) is 37.7 Å². The average molecular weight is 549 g/mol. The topological polar surface area (TPSA) is 49.7 Å². The van der Waals surface area contributed by atoms with Crippen molar-refractivity contribution in [3.63, 3.8) is 0 Å². The molecular formula is C33H57FO3Si. The molecule has 38 heavy (non-hydrogen) atoms. The Morgan fingerprint density at radius 2 is 1.84 bits per heavy atom. The smallest absolute Gasteiger partial charge is 0.192 e. The van der Waals surface area contributed by atoms with Crippen LogP contribution >= 0.6 is 0 Å². The molecule has 3 fully saturated rings. The van der Waals surface area contributed by atoms with Crippen molar-refractivity contribution < 1.29 is 19.0 Å². The van der Waals surface area contributed by atoms with Crippen LogP contribution in [0.3, 0.4) is 0 Å². The summed E-state index contributed by atoms with van der Waals surface area (Å²) < 4.78 is 20.6. The Morgan fingerprint density at radius 1 is 1.16 bits per heavy atom. The van der Waals surface area contributed by atoms with Gasteiger partial charge in [-0.05, 0) is 106 Å². The lowest BCUT2D eigenvalue weighted by molar-refractivity contribution is 0.0596. The Kier molecular flexibility index (Phi) is 10.0. The van der Waals surface area contributed by atoms with Crippen molar-refractivity contribution in [3.8, 4) is 0 Å². The van der Waals surface area contributed by atoms with Crippen molar-refractivity contribution in [2.75, 3.05) is 0 Å². The molecule has 2 N–H and O–H groups in total. The third-order valence-electron chi connectivity index (χ3n) is 10.7. The molecule has 5 heteroatoms. The number of rotatable bonds is 8. The summed E-state index contributed by atoms with van der Waals surface area (Å²) in [6.07, 6.45) is 14.5. The lowest BCUT2D eigenvalue weighted by Crippen LogP contribution is -2.46. The van der Waals surface area contributed by atoms with Crippen molar-refractivity contribution in [3.05, 3.63) is 35.2 Å².